The van der Waals surface area contributed by atoms with Crippen molar-refractivity contribution in [2.24, 2.45) is 0 Å². The molecule has 2 heterocycles. The Morgan fingerprint density at radius 2 is 2.22 bits per heavy atom. The van der Waals surface area contributed by atoms with Crippen molar-refractivity contribution in [1.82, 2.24) is 10.2 Å². The number of aromatic amines is 1. The van der Waals surface area contributed by atoms with Gasteiger partial charge in [0.1, 0.15) is 17.4 Å². The number of ether oxygens (including phenoxy) is 2. The molecule has 1 saturated heterocycles. The van der Waals surface area contributed by atoms with E-state index in [1.54, 1.807) is 0 Å². The Morgan fingerprint density at radius 1 is 1.39 bits per heavy atom. The van der Waals surface area contributed by atoms with E-state index < -0.39 is 5.56 Å². The first kappa shape index (κ1) is 15.8. The zero-order valence-corrected chi connectivity index (χ0v) is 13.3. The van der Waals surface area contributed by atoms with Crippen molar-refractivity contribution < 1.29 is 9.47 Å². The summed E-state index contributed by atoms with van der Waals surface area (Å²) in [5.74, 6) is 0.820. The normalized spacial score (nSPS) is 17.2. The lowest BCUT2D eigenvalue weighted by molar-refractivity contribution is 0.0679. The Balaban J connectivity index is 1.52. The van der Waals surface area contributed by atoms with Gasteiger partial charge in [-0.2, -0.15) is 5.10 Å². The van der Waals surface area contributed by atoms with Gasteiger partial charge in [0, 0.05) is 13.2 Å². The van der Waals surface area contributed by atoms with Crippen molar-refractivity contribution in [3.8, 4) is 5.75 Å². The van der Waals surface area contributed by atoms with Crippen LogP contribution in [-0.2, 0) is 11.3 Å². The molecule has 1 aliphatic rings. The van der Waals surface area contributed by atoms with Crippen LogP contribution < -0.4 is 15.6 Å². The summed E-state index contributed by atoms with van der Waals surface area (Å²) in [5.41, 5.74) is 1.15. The zero-order chi connectivity index (χ0) is 16.1. The number of benzene rings is 1. The minimum absolute atomic E-state index is 0.108. The third-order valence-electron chi connectivity index (χ3n) is 3.66. The van der Waals surface area contributed by atoms with Crippen LogP contribution in [0.25, 0.3) is 0 Å². The van der Waals surface area contributed by atoms with Crippen LogP contribution in [0.1, 0.15) is 18.4 Å². The van der Waals surface area contributed by atoms with Gasteiger partial charge in [-0.15, -0.1) is 0 Å². The van der Waals surface area contributed by atoms with Gasteiger partial charge in [-0.3, -0.25) is 4.79 Å². The molecule has 0 amide bonds. The zero-order valence-electron chi connectivity index (χ0n) is 12.5. The number of nitrogens with zero attached hydrogens (tertiary/aromatic N) is 1. The molecule has 1 atom stereocenters. The number of hydrogen-bond acceptors (Lipinski definition) is 5. The fraction of sp³-hybridized carbons (Fsp3) is 0.375. The number of rotatable bonds is 6. The molecule has 7 heteroatoms. The van der Waals surface area contributed by atoms with Crippen LogP contribution in [0.3, 0.4) is 0 Å². The lowest BCUT2D eigenvalue weighted by Crippen LogP contribution is -2.16. The Bertz CT molecular complexity index is 696. The molecule has 23 heavy (non-hydrogen) atoms. The van der Waals surface area contributed by atoms with Crippen LogP contribution in [0.4, 0.5) is 5.69 Å². The fourth-order valence-electron chi connectivity index (χ4n) is 2.37. The number of hydrogen-bond donors (Lipinski definition) is 2. The third kappa shape index (κ3) is 4.24. The van der Waals surface area contributed by atoms with Gasteiger partial charge in [0.15, 0.2) is 0 Å². The van der Waals surface area contributed by atoms with Crippen molar-refractivity contribution in [2.75, 3.05) is 18.5 Å². The summed E-state index contributed by atoms with van der Waals surface area (Å²) < 4.78 is 11.2. The minimum atomic E-state index is -0.408. The highest BCUT2D eigenvalue weighted by Crippen LogP contribution is 2.18. The van der Waals surface area contributed by atoms with E-state index in [1.165, 1.54) is 6.20 Å². The number of halogens is 1. The Labute approximate surface area is 138 Å². The van der Waals surface area contributed by atoms with E-state index in [0.29, 0.717) is 18.8 Å². The monoisotopic (exact) mass is 335 g/mol. The number of H-pyrrole nitrogens is 1. The van der Waals surface area contributed by atoms with E-state index in [9.17, 15) is 4.79 Å². The molecule has 3 rings (SSSR count). The number of anilines is 1. The Kier molecular flexibility index (Phi) is 5.15. The standard InChI is InChI=1S/C16H18ClN3O3/c17-15-14(9-19-20-16(15)21)18-8-11-3-5-12(6-4-11)23-10-13-2-1-7-22-13/h3-6,9,13H,1-2,7-8,10H2,(H2,18,20,21). The topological polar surface area (TPSA) is 76.2 Å². The molecule has 0 spiro atoms. The first-order valence-corrected chi connectivity index (χ1v) is 7.90. The molecule has 1 aromatic heterocycles. The third-order valence-corrected chi connectivity index (χ3v) is 4.04. The van der Waals surface area contributed by atoms with Gasteiger partial charge in [-0.1, -0.05) is 23.7 Å². The first-order valence-electron chi connectivity index (χ1n) is 7.53. The molecule has 122 valence electrons. The van der Waals surface area contributed by atoms with Crippen molar-refractivity contribution in [3.63, 3.8) is 0 Å². The molecule has 0 bridgehead atoms. The summed E-state index contributed by atoms with van der Waals surface area (Å²) in [4.78, 5) is 11.4. The molecule has 0 aliphatic carbocycles. The Morgan fingerprint density at radius 3 is 2.96 bits per heavy atom. The summed E-state index contributed by atoms with van der Waals surface area (Å²) >= 11 is 5.91. The molecule has 0 radical (unpaired) electrons. The predicted octanol–water partition coefficient (Wildman–Crippen LogP) is 2.59. The van der Waals surface area contributed by atoms with Crippen LogP contribution >= 0.6 is 11.6 Å². The van der Waals surface area contributed by atoms with E-state index >= 15 is 0 Å². The molecular formula is C16H18ClN3O3. The van der Waals surface area contributed by atoms with Gasteiger partial charge in [0.25, 0.3) is 5.56 Å². The summed E-state index contributed by atoms with van der Waals surface area (Å²) in [6.45, 7) is 1.96. The van der Waals surface area contributed by atoms with Gasteiger partial charge in [0.2, 0.25) is 0 Å². The second-order valence-electron chi connectivity index (χ2n) is 5.37. The molecule has 1 aliphatic heterocycles. The van der Waals surface area contributed by atoms with Crippen molar-refractivity contribution in [2.45, 2.75) is 25.5 Å². The highest BCUT2D eigenvalue weighted by atomic mass is 35.5. The lowest BCUT2D eigenvalue weighted by atomic mass is 10.2. The largest absolute Gasteiger partial charge is 0.491 e. The average molecular weight is 336 g/mol. The second kappa shape index (κ2) is 7.48. The maximum atomic E-state index is 11.4. The molecular weight excluding hydrogens is 318 g/mol. The smallest absolute Gasteiger partial charge is 0.285 e. The molecule has 1 unspecified atom stereocenters. The van der Waals surface area contributed by atoms with Crippen LogP contribution in [0, 0.1) is 0 Å². The van der Waals surface area contributed by atoms with Gasteiger partial charge < -0.3 is 14.8 Å². The quantitative estimate of drug-likeness (QED) is 0.848. The van der Waals surface area contributed by atoms with Gasteiger partial charge >= 0.3 is 0 Å². The van der Waals surface area contributed by atoms with Crippen molar-refractivity contribution >= 4 is 17.3 Å². The molecule has 1 aromatic carbocycles. The van der Waals surface area contributed by atoms with Crippen LogP contribution in [0.2, 0.25) is 5.02 Å². The van der Waals surface area contributed by atoms with Crippen LogP contribution in [-0.4, -0.2) is 29.5 Å². The van der Waals surface area contributed by atoms with Gasteiger partial charge in [0.05, 0.1) is 18.0 Å². The minimum Gasteiger partial charge on any atom is -0.491 e. The summed E-state index contributed by atoms with van der Waals surface area (Å²) in [6.07, 6.45) is 3.87. The second-order valence-corrected chi connectivity index (χ2v) is 5.75. The Hall–Kier alpha value is -2.05. The molecule has 6 nitrogen and oxygen atoms in total. The summed E-state index contributed by atoms with van der Waals surface area (Å²) in [5, 5.41) is 9.19. The molecule has 2 aromatic rings. The van der Waals surface area contributed by atoms with Crippen molar-refractivity contribution in [1.29, 1.82) is 0 Å². The van der Waals surface area contributed by atoms with Gasteiger partial charge in [-0.05, 0) is 30.5 Å². The number of aromatic nitrogens is 2. The van der Waals surface area contributed by atoms with E-state index in [2.05, 4.69) is 15.5 Å². The SMILES string of the molecule is O=c1[nH]ncc(NCc2ccc(OCC3CCCO3)cc2)c1Cl. The van der Waals surface area contributed by atoms with Crippen LogP contribution in [0.15, 0.2) is 35.3 Å². The fourth-order valence-corrected chi connectivity index (χ4v) is 2.53. The number of nitrogens with one attached hydrogen (secondary N) is 2. The van der Waals surface area contributed by atoms with Crippen molar-refractivity contribution in [3.05, 3.63) is 51.4 Å². The van der Waals surface area contributed by atoms with E-state index in [4.69, 9.17) is 21.1 Å². The summed E-state index contributed by atoms with van der Waals surface area (Å²) in [6, 6.07) is 7.77. The predicted molar refractivity (Wildman–Crippen MR) is 88.1 cm³/mol. The highest BCUT2D eigenvalue weighted by molar-refractivity contribution is 6.32. The summed E-state index contributed by atoms with van der Waals surface area (Å²) in [7, 11) is 0. The highest BCUT2D eigenvalue weighted by Gasteiger charge is 2.15. The lowest BCUT2D eigenvalue weighted by Gasteiger charge is -2.12. The van der Waals surface area contributed by atoms with Gasteiger partial charge in [-0.25, -0.2) is 5.10 Å². The van der Waals surface area contributed by atoms with E-state index in [0.717, 1.165) is 30.8 Å². The molecule has 0 saturated carbocycles. The molecule has 1 fully saturated rings. The maximum absolute atomic E-state index is 11.4. The van der Waals surface area contributed by atoms with Crippen LogP contribution in [0.5, 0.6) is 5.75 Å². The first-order chi connectivity index (χ1) is 11.2. The molecule has 2 N–H and O–H groups in total. The van der Waals surface area contributed by atoms with E-state index in [1.807, 2.05) is 24.3 Å². The van der Waals surface area contributed by atoms with E-state index in [-0.39, 0.29) is 11.1 Å². The average Bonchev–Trinajstić information content (AvgIpc) is 3.09. The maximum Gasteiger partial charge on any atom is 0.285 e.